The van der Waals surface area contributed by atoms with Gasteiger partial charge in [0.25, 0.3) is 0 Å². The van der Waals surface area contributed by atoms with Gasteiger partial charge in [-0.2, -0.15) is 4.37 Å². The Bertz CT molecular complexity index is 620. The molecule has 3 heterocycles. The average Bonchev–Trinajstić information content (AvgIpc) is 2.94. The van der Waals surface area contributed by atoms with E-state index in [1.807, 2.05) is 19.2 Å². The van der Waals surface area contributed by atoms with Gasteiger partial charge in [-0.25, -0.2) is 4.98 Å². The third-order valence-electron chi connectivity index (χ3n) is 3.54. The molecule has 0 saturated carbocycles. The number of rotatable bonds is 2. The van der Waals surface area contributed by atoms with Crippen LogP contribution in [-0.2, 0) is 0 Å². The van der Waals surface area contributed by atoms with E-state index >= 15 is 0 Å². The summed E-state index contributed by atoms with van der Waals surface area (Å²) in [6.07, 6.45) is 1.81. The van der Waals surface area contributed by atoms with Crippen molar-refractivity contribution in [1.29, 1.82) is 0 Å². The van der Waals surface area contributed by atoms with Crippen LogP contribution < -0.4 is 10.6 Å². The summed E-state index contributed by atoms with van der Waals surface area (Å²) >= 11 is 3.00. The van der Waals surface area contributed by atoms with E-state index in [1.165, 1.54) is 11.5 Å². The molecular weight excluding hydrogens is 292 g/mol. The lowest BCUT2D eigenvalue weighted by Gasteiger charge is -2.37. The topological polar surface area (TPSA) is 75.3 Å². The molecule has 0 aromatic carbocycles. The molecule has 7 heteroatoms. The van der Waals surface area contributed by atoms with E-state index in [4.69, 9.17) is 5.73 Å². The van der Waals surface area contributed by atoms with Crippen LogP contribution in [0.3, 0.4) is 0 Å². The van der Waals surface area contributed by atoms with Crippen molar-refractivity contribution in [3.8, 4) is 11.3 Å². The van der Waals surface area contributed by atoms with E-state index in [9.17, 15) is 5.11 Å². The zero-order valence-corrected chi connectivity index (χ0v) is 13.2. The lowest BCUT2D eigenvalue weighted by Crippen LogP contribution is -2.46. The molecule has 1 saturated heterocycles. The van der Waals surface area contributed by atoms with Crippen LogP contribution in [0.5, 0.6) is 0 Å². The van der Waals surface area contributed by atoms with E-state index < -0.39 is 5.60 Å². The minimum atomic E-state index is -0.647. The van der Waals surface area contributed by atoms with E-state index in [0.29, 0.717) is 12.4 Å². The fraction of sp³-hybridized carbons (Fsp3) is 0.538. The van der Waals surface area contributed by atoms with Crippen molar-refractivity contribution in [3.63, 3.8) is 0 Å². The summed E-state index contributed by atoms with van der Waals surface area (Å²) in [5.74, 6) is 0.528. The van der Waals surface area contributed by atoms with Gasteiger partial charge in [0.1, 0.15) is 10.8 Å². The zero-order chi connectivity index (χ0) is 14.3. The smallest absolute Gasteiger partial charge is 0.148 e. The molecular formula is C13H18N4OS2. The molecule has 1 aliphatic rings. The number of hydrogen-bond donors (Lipinski definition) is 2. The molecule has 20 heavy (non-hydrogen) atoms. The number of aryl methyl sites for hydroxylation is 1. The number of anilines is 2. The van der Waals surface area contributed by atoms with Gasteiger partial charge in [-0.1, -0.05) is 0 Å². The predicted molar refractivity (Wildman–Crippen MR) is 84.4 cm³/mol. The minimum Gasteiger partial charge on any atom is -0.388 e. The summed E-state index contributed by atoms with van der Waals surface area (Å²) < 4.78 is 4.29. The third-order valence-corrected chi connectivity index (χ3v) is 5.23. The number of nitrogen functional groups attached to an aromatic ring is 1. The molecule has 1 fully saturated rings. The van der Waals surface area contributed by atoms with Gasteiger partial charge in [-0.3, -0.25) is 0 Å². The number of thiazole rings is 1. The van der Waals surface area contributed by atoms with Crippen molar-refractivity contribution in [3.05, 3.63) is 10.4 Å². The number of aromatic nitrogens is 2. The normalized spacial score (nSPS) is 23.2. The highest BCUT2D eigenvalue weighted by molar-refractivity contribution is 7.11. The maximum absolute atomic E-state index is 10.3. The zero-order valence-electron chi connectivity index (χ0n) is 11.6. The van der Waals surface area contributed by atoms with Gasteiger partial charge in [0, 0.05) is 18.5 Å². The molecule has 108 valence electrons. The van der Waals surface area contributed by atoms with Crippen LogP contribution in [0.15, 0.2) is 5.38 Å². The lowest BCUT2D eigenvalue weighted by atomic mass is 9.95. The van der Waals surface area contributed by atoms with Gasteiger partial charge >= 0.3 is 0 Å². The number of hydrogen-bond acceptors (Lipinski definition) is 7. The highest BCUT2D eigenvalue weighted by atomic mass is 32.1. The Morgan fingerprint density at radius 1 is 1.50 bits per heavy atom. The summed E-state index contributed by atoms with van der Waals surface area (Å²) in [7, 11) is 0. The van der Waals surface area contributed by atoms with Crippen LogP contribution in [0.1, 0.15) is 24.8 Å². The molecule has 5 nitrogen and oxygen atoms in total. The third kappa shape index (κ3) is 2.53. The fourth-order valence-corrected chi connectivity index (χ4v) is 4.07. The summed E-state index contributed by atoms with van der Waals surface area (Å²) in [4.78, 5) is 6.70. The van der Waals surface area contributed by atoms with Crippen molar-refractivity contribution < 1.29 is 5.11 Å². The van der Waals surface area contributed by atoms with Crippen LogP contribution in [0.25, 0.3) is 11.3 Å². The van der Waals surface area contributed by atoms with Gasteiger partial charge in [0.05, 0.1) is 21.9 Å². The van der Waals surface area contributed by atoms with Crippen LogP contribution in [0.2, 0.25) is 0 Å². The first-order chi connectivity index (χ1) is 9.46. The van der Waals surface area contributed by atoms with Crippen LogP contribution in [0.4, 0.5) is 10.8 Å². The molecule has 2 aromatic heterocycles. The molecule has 3 N–H and O–H groups in total. The molecule has 0 radical (unpaired) electrons. The van der Waals surface area contributed by atoms with Crippen molar-refractivity contribution in [2.24, 2.45) is 0 Å². The lowest BCUT2D eigenvalue weighted by molar-refractivity contribution is 0.0451. The van der Waals surface area contributed by atoms with Crippen molar-refractivity contribution >= 4 is 33.7 Å². The number of piperidine rings is 1. The van der Waals surface area contributed by atoms with Crippen LogP contribution >= 0.6 is 22.9 Å². The second-order valence-corrected chi connectivity index (χ2v) is 7.34. The first-order valence-corrected chi connectivity index (χ1v) is 8.26. The maximum atomic E-state index is 10.3. The van der Waals surface area contributed by atoms with E-state index in [-0.39, 0.29) is 0 Å². The Labute approximate surface area is 126 Å². The SMILES string of the molecule is Cc1nc(-c2c(N)nsc2N2CCCC(C)(O)C2)cs1. The monoisotopic (exact) mass is 310 g/mol. The summed E-state index contributed by atoms with van der Waals surface area (Å²) in [5, 5.41) is 14.3. The van der Waals surface area contributed by atoms with E-state index in [1.54, 1.807) is 11.3 Å². The van der Waals surface area contributed by atoms with Crippen molar-refractivity contribution in [2.45, 2.75) is 32.3 Å². The van der Waals surface area contributed by atoms with Gasteiger partial charge in [0.15, 0.2) is 0 Å². The first-order valence-electron chi connectivity index (χ1n) is 6.61. The number of aliphatic hydroxyl groups is 1. The highest BCUT2D eigenvalue weighted by Gasteiger charge is 2.31. The predicted octanol–water partition coefficient (Wildman–Crippen LogP) is 2.51. The summed E-state index contributed by atoms with van der Waals surface area (Å²) in [6.45, 7) is 5.41. The Balaban J connectivity index is 1.98. The second kappa shape index (κ2) is 4.98. The van der Waals surface area contributed by atoms with Gasteiger partial charge in [-0.15, -0.1) is 11.3 Å². The number of β-amino-alcohol motifs (C(OH)–C–C–N with tert-alkyl or cyclic N) is 1. The molecule has 3 rings (SSSR count). The van der Waals surface area contributed by atoms with E-state index in [2.05, 4.69) is 14.3 Å². The molecule has 1 unspecified atom stereocenters. The minimum absolute atomic E-state index is 0.528. The maximum Gasteiger partial charge on any atom is 0.148 e. The molecule has 0 aliphatic carbocycles. The molecule has 1 atom stereocenters. The molecule has 1 aliphatic heterocycles. The Morgan fingerprint density at radius 2 is 2.30 bits per heavy atom. The summed E-state index contributed by atoms with van der Waals surface area (Å²) in [5.41, 5.74) is 7.19. The van der Waals surface area contributed by atoms with Crippen LogP contribution in [0, 0.1) is 6.92 Å². The molecule has 0 spiro atoms. The standard InChI is InChI=1S/C13H18N4OS2/c1-8-15-9(6-19-8)10-11(14)16-20-12(10)17-5-3-4-13(2,18)7-17/h6,18H,3-5,7H2,1-2H3,(H2,14,16). The van der Waals surface area contributed by atoms with Gasteiger partial charge < -0.3 is 15.7 Å². The fourth-order valence-electron chi connectivity index (χ4n) is 2.62. The molecule has 2 aromatic rings. The number of nitrogens with two attached hydrogens (primary N) is 1. The Morgan fingerprint density at radius 3 is 2.95 bits per heavy atom. The highest BCUT2D eigenvalue weighted by Crippen LogP contribution is 2.41. The summed E-state index contributed by atoms with van der Waals surface area (Å²) in [6, 6.07) is 0. The Kier molecular flexibility index (Phi) is 3.43. The quantitative estimate of drug-likeness (QED) is 0.891. The van der Waals surface area contributed by atoms with Crippen LogP contribution in [-0.4, -0.2) is 33.2 Å². The van der Waals surface area contributed by atoms with Crippen molar-refractivity contribution in [1.82, 2.24) is 9.36 Å². The Hall–Kier alpha value is -1.18. The van der Waals surface area contributed by atoms with Gasteiger partial charge in [-0.05, 0) is 38.2 Å². The largest absolute Gasteiger partial charge is 0.388 e. The molecule has 0 bridgehead atoms. The van der Waals surface area contributed by atoms with Gasteiger partial charge in [0.2, 0.25) is 0 Å². The first kappa shape index (κ1) is 13.8. The number of nitrogens with zero attached hydrogens (tertiary/aromatic N) is 3. The second-order valence-electron chi connectivity index (χ2n) is 5.52. The van der Waals surface area contributed by atoms with E-state index in [0.717, 1.165) is 40.7 Å². The molecule has 0 amide bonds. The average molecular weight is 310 g/mol. The van der Waals surface area contributed by atoms with Crippen molar-refractivity contribution in [2.75, 3.05) is 23.7 Å².